The molecule has 1 aliphatic heterocycles. The van der Waals surface area contributed by atoms with Crippen molar-refractivity contribution in [1.29, 1.82) is 0 Å². The van der Waals surface area contributed by atoms with Gasteiger partial charge >= 0.3 is 5.63 Å². The summed E-state index contributed by atoms with van der Waals surface area (Å²) in [6.07, 6.45) is 6.99. The summed E-state index contributed by atoms with van der Waals surface area (Å²) >= 11 is 1.37. The largest absolute Gasteiger partial charge is 0.493 e. The molecule has 0 bridgehead atoms. The van der Waals surface area contributed by atoms with E-state index in [0.717, 1.165) is 19.3 Å². The lowest BCUT2D eigenvalue weighted by Crippen LogP contribution is -2.45. The fourth-order valence-electron chi connectivity index (χ4n) is 3.35. The molecule has 0 aromatic carbocycles. The number of rotatable bonds is 13. The molecule has 0 spiro atoms. The molecule has 2 heterocycles. The van der Waals surface area contributed by atoms with Gasteiger partial charge in [0.05, 0.1) is 18.7 Å². The third-order valence-electron chi connectivity index (χ3n) is 5.29. The van der Waals surface area contributed by atoms with Crippen LogP contribution in [0.2, 0.25) is 0 Å². The van der Waals surface area contributed by atoms with Crippen LogP contribution < -0.4 is 15.7 Å². The van der Waals surface area contributed by atoms with Crippen molar-refractivity contribution in [3.05, 3.63) is 28.3 Å². The Kier molecular flexibility index (Phi) is 10.3. The second-order valence-electron chi connectivity index (χ2n) is 8.26. The Bertz CT molecular complexity index is 883. The molecule has 0 unspecified atom stereocenters. The van der Waals surface area contributed by atoms with Gasteiger partial charge in [0.2, 0.25) is 5.91 Å². The van der Waals surface area contributed by atoms with Crippen LogP contribution in [0.15, 0.2) is 31.5 Å². The number of carbonyl (C=O) groups is 1. The minimum Gasteiger partial charge on any atom is -0.493 e. The molecule has 1 aromatic heterocycles. The topological polar surface area (TPSA) is 113 Å². The summed E-state index contributed by atoms with van der Waals surface area (Å²) in [4.78, 5) is 29.7. The highest BCUT2D eigenvalue weighted by atomic mass is 32.2. The molecule has 8 nitrogen and oxygen atoms in total. The molecule has 0 radical (unpaired) electrons. The minimum absolute atomic E-state index is 0.269. The first-order chi connectivity index (χ1) is 15.3. The zero-order valence-electron chi connectivity index (χ0n) is 19.5. The maximum atomic E-state index is 13.1. The van der Waals surface area contributed by atoms with Crippen LogP contribution in [-0.2, 0) is 4.79 Å². The van der Waals surface area contributed by atoms with Gasteiger partial charge in [-0.3, -0.25) is 9.79 Å². The maximum Gasteiger partial charge on any atom is 0.339 e. The number of carbonyl (C=O) groups excluding carboxylic acids is 1. The third-order valence-corrected chi connectivity index (χ3v) is 6.66. The number of oxime groups is 1. The smallest absolute Gasteiger partial charge is 0.339 e. The standard InChI is InChI=1S/C23H35N3O5S/c1-5-7-8-9-10-12-30-17-13-19(31-20(27)14-17)18(11-6-2)24-22(28)23(4)15-32-21(25-23)16(3)26-29/h13-14,18,29H,5-12,15H2,1-4H3,(H,24,28)/b26-16+/t18-,23+/m1/s1. The Hall–Kier alpha value is -2.29. The van der Waals surface area contributed by atoms with E-state index in [4.69, 9.17) is 14.4 Å². The van der Waals surface area contributed by atoms with Crippen molar-refractivity contribution in [3.8, 4) is 5.75 Å². The van der Waals surface area contributed by atoms with E-state index in [2.05, 4.69) is 22.4 Å². The van der Waals surface area contributed by atoms with E-state index in [1.54, 1.807) is 19.9 Å². The van der Waals surface area contributed by atoms with Crippen molar-refractivity contribution < 1.29 is 19.2 Å². The van der Waals surface area contributed by atoms with Crippen LogP contribution in [0, 0.1) is 0 Å². The van der Waals surface area contributed by atoms with Crippen molar-refractivity contribution in [2.75, 3.05) is 12.4 Å². The van der Waals surface area contributed by atoms with Gasteiger partial charge in [0, 0.05) is 11.8 Å². The molecule has 0 aliphatic carbocycles. The van der Waals surface area contributed by atoms with Crippen molar-refractivity contribution in [1.82, 2.24) is 5.32 Å². The molecule has 1 aliphatic rings. The van der Waals surface area contributed by atoms with Gasteiger partial charge in [-0.2, -0.15) is 0 Å². The maximum absolute atomic E-state index is 13.1. The monoisotopic (exact) mass is 465 g/mol. The highest BCUT2D eigenvalue weighted by Crippen LogP contribution is 2.30. The van der Waals surface area contributed by atoms with E-state index in [1.807, 2.05) is 6.92 Å². The van der Waals surface area contributed by atoms with Gasteiger partial charge in [0.25, 0.3) is 0 Å². The van der Waals surface area contributed by atoms with Crippen LogP contribution in [0.4, 0.5) is 0 Å². The molecular formula is C23H35N3O5S. The minimum atomic E-state index is -0.995. The molecule has 2 rings (SSSR count). The van der Waals surface area contributed by atoms with Gasteiger partial charge in [-0.25, -0.2) is 4.79 Å². The Morgan fingerprint density at radius 3 is 2.75 bits per heavy atom. The Balaban J connectivity index is 2.09. The highest BCUT2D eigenvalue weighted by molar-refractivity contribution is 8.16. The number of unbranched alkanes of at least 4 members (excludes halogenated alkanes) is 4. The molecule has 1 aromatic rings. The lowest BCUT2D eigenvalue weighted by Gasteiger charge is -2.24. The Labute approximate surface area is 193 Å². The van der Waals surface area contributed by atoms with E-state index in [9.17, 15) is 9.59 Å². The number of hydrogen-bond donors (Lipinski definition) is 2. The first-order valence-corrected chi connectivity index (χ1v) is 12.3. The average molecular weight is 466 g/mol. The molecule has 1 amide bonds. The number of hydrogen-bond acceptors (Lipinski definition) is 8. The van der Waals surface area contributed by atoms with Gasteiger partial charge in [0.15, 0.2) is 0 Å². The summed E-state index contributed by atoms with van der Waals surface area (Å²) in [5.74, 6) is 1.000. The number of nitrogens with one attached hydrogen (secondary N) is 1. The van der Waals surface area contributed by atoms with Crippen molar-refractivity contribution in [2.24, 2.45) is 10.1 Å². The molecule has 9 heteroatoms. The average Bonchev–Trinajstić information content (AvgIpc) is 3.18. The SMILES string of the molecule is CCCCCCCOc1cc([C@@H](CCC)NC(=O)[C@]2(C)CSC(/C(C)=N/O)=N2)oc(=O)c1. The van der Waals surface area contributed by atoms with Gasteiger partial charge in [-0.05, 0) is 26.7 Å². The molecule has 178 valence electrons. The fraction of sp³-hybridized carbons (Fsp3) is 0.652. The van der Waals surface area contributed by atoms with Gasteiger partial charge in [0.1, 0.15) is 27.8 Å². The Morgan fingerprint density at radius 1 is 1.31 bits per heavy atom. The fourth-order valence-corrected chi connectivity index (χ4v) is 4.48. The lowest BCUT2D eigenvalue weighted by atomic mass is 10.0. The predicted octanol–water partition coefficient (Wildman–Crippen LogP) is 4.70. The normalized spacial score (nSPS) is 19.5. The summed E-state index contributed by atoms with van der Waals surface area (Å²) in [5, 5.41) is 15.7. The molecule has 0 saturated carbocycles. The third kappa shape index (κ3) is 7.39. The van der Waals surface area contributed by atoms with Crippen molar-refractivity contribution >= 4 is 28.4 Å². The van der Waals surface area contributed by atoms with Crippen molar-refractivity contribution in [3.63, 3.8) is 0 Å². The summed E-state index contributed by atoms with van der Waals surface area (Å²) in [6.45, 7) is 8.09. The molecule has 0 fully saturated rings. The number of amides is 1. The van der Waals surface area contributed by atoms with Crippen LogP contribution in [0.1, 0.15) is 84.4 Å². The van der Waals surface area contributed by atoms with Crippen LogP contribution >= 0.6 is 11.8 Å². The second-order valence-corrected chi connectivity index (χ2v) is 9.22. The molecule has 2 N–H and O–H groups in total. The van der Waals surface area contributed by atoms with Gasteiger partial charge in [-0.15, -0.1) is 11.8 Å². The van der Waals surface area contributed by atoms with Crippen LogP contribution in [-0.4, -0.2) is 39.8 Å². The van der Waals surface area contributed by atoms with E-state index >= 15 is 0 Å². The van der Waals surface area contributed by atoms with Crippen LogP contribution in [0.25, 0.3) is 0 Å². The van der Waals surface area contributed by atoms with Crippen LogP contribution in [0.3, 0.4) is 0 Å². The first-order valence-electron chi connectivity index (χ1n) is 11.3. The summed E-state index contributed by atoms with van der Waals surface area (Å²) < 4.78 is 11.2. The highest BCUT2D eigenvalue weighted by Gasteiger charge is 2.40. The van der Waals surface area contributed by atoms with Gasteiger partial charge in [-0.1, -0.05) is 51.1 Å². The first kappa shape index (κ1) is 26.0. The molecular weight excluding hydrogens is 430 g/mol. The van der Waals surface area contributed by atoms with Crippen molar-refractivity contribution in [2.45, 2.75) is 84.2 Å². The Morgan fingerprint density at radius 2 is 2.06 bits per heavy atom. The number of thioether (sulfide) groups is 1. The lowest BCUT2D eigenvalue weighted by molar-refractivity contribution is -0.125. The zero-order chi connectivity index (χ0) is 23.6. The molecule has 32 heavy (non-hydrogen) atoms. The van der Waals surface area contributed by atoms with E-state index in [0.29, 0.717) is 41.0 Å². The summed E-state index contributed by atoms with van der Waals surface area (Å²) in [7, 11) is 0. The predicted molar refractivity (Wildman–Crippen MR) is 128 cm³/mol. The quantitative estimate of drug-likeness (QED) is 0.189. The summed E-state index contributed by atoms with van der Waals surface area (Å²) in [5.41, 5.74) is -1.12. The number of aliphatic imine (C=N–C) groups is 1. The number of nitrogens with zero attached hydrogens (tertiary/aromatic N) is 2. The molecule has 2 atom stereocenters. The molecule has 0 saturated heterocycles. The van der Waals surface area contributed by atoms with E-state index in [-0.39, 0.29) is 5.91 Å². The van der Waals surface area contributed by atoms with E-state index in [1.165, 1.54) is 37.1 Å². The zero-order valence-corrected chi connectivity index (χ0v) is 20.3. The van der Waals surface area contributed by atoms with Crippen LogP contribution in [0.5, 0.6) is 5.75 Å². The second kappa shape index (κ2) is 12.7. The summed E-state index contributed by atoms with van der Waals surface area (Å²) in [6, 6.07) is 2.56. The van der Waals surface area contributed by atoms with Gasteiger partial charge < -0.3 is 19.7 Å². The van der Waals surface area contributed by atoms with E-state index < -0.39 is 17.2 Å². The number of ether oxygens (including phenoxy) is 1.